The van der Waals surface area contributed by atoms with E-state index in [0.29, 0.717) is 0 Å². The molecule has 1 saturated heterocycles. The molecule has 0 aromatic carbocycles. The van der Waals surface area contributed by atoms with Crippen LogP contribution in [0.25, 0.3) is 0 Å². The highest BCUT2D eigenvalue weighted by Crippen LogP contribution is 2.16. The standard InChI is InChI=1S/C6H12O3/c1-2-5-6(8)4(7)3-9-5/h4-8H,2-3H2,1H3/t4?,5-,6?/m1/s1. The van der Waals surface area contributed by atoms with Crippen LogP contribution in [0.1, 0.15) is 13.3 Å². The summed E-state index contributed by atoms with van der Waals surface area (Å²) in [6.45, 7) is 2.20. The second kappa shape index (κ2) is 2.64. The lowest BCUT2D eigenvalue weighted by molar-refractivity contribution is 0.0218. The molecule has 2 N–H and O–H groups in total. The highest BCUT2D eigenvalue weighted by molar-refractivity contribution is 4.81. The second-order valence-electron chi connectivity index (χ2n) is 2.34. The average molecular weight is 132 g/mol. The maximum Gasteiger partial charge on any atom is 0.108 e. The minimum Gasteiger partial charge on any atom is -0.388 e. The van der Waals surface area contributed by atoms with Crippen molar-refractivity contribution in [1.29, 1.82) is 0 Å². The van der Waals surface area contributed by atoms with Crippen molar-refractivity contribution >= 4 is 0 Å². The van der Waals surface area contributed by atoms with E-state index < -0.39 is 12.2 Å². The van der Waals surface area contributed by atoms with Gasteiger partial charge < -0.3 is 14.9 Å². The lowest BCUT2D eigenvalue weighted by Gasteiger charge is -2.10. The van der Waals surface area contributed by atoms with Crippen molar-refractivity contribution in [3.63, 3.8) is 0 Å². The monoisotopic (exact) mass is 132 g/mol. The summed E-state index contributed by atoms with van der Waals surface area (Å²) >= 11 is 0. The van der Waals surface area contributed by atoms with Crippen molar-refractivity contribution in [1.82, 2.24) is 0 Å². The van der Waals surface area contributed by atoms with Gasteiger partial charge in [-0.25, -0.2) is 0 Å². The first kappa shape index (κ1) is 6.99. The van der Waals surface area contributed by atoms with E-state index in [9.17, 15) is 0 Å². The molecule has 0 bridgehead atoms. The lowest BCUT2D eigenvalue weighted by atomic mass is 10.1. The molecular formula is C6H12O3. The summed E-state index contributed by atoms with van der Waals surface area (Å²) in [5, 5.41) is 18.0. The van der Waals surface area contributed by atoms with Gasteiger partial charge in [-0.2, -0.15) is 0 Å². The molecule has 9 heavy (non-hydrogen) atoms. The van der Waals surface area contributed by atoms with E-state index in [1.54, 1.807) is 0 Å². The molecule has 1 rings (SSSR count). The fourth-order valence-electron chi connectivity index (χ4n) is 1.03. The first-order valence-electron chi connectivity index (χ1n) is 3.23. The number of hydrogen-bond acceptors (Lipinski definition) is 3. The molecule has 0 spiro atoms. The Bertz CT molecular complexity index is 94.3. The molecule has 1 heterocycles. The zero-order chi connectivity index (χ0) is 6.85. The Labute approximate surface area is 54.3 Å². The zero-order valence-electron chi connectivity index (χ0n) is 5.45. The van der Waals surface area contributed by atoms with E-state index in [0.717, 1.165) is 6.42 Å². The van der Waals surface area contributed by atoms with Gasteiger partial charge in [0.15, 0.2) is 0 Å². The van der Waals surface area contributed by atoms with Gasteiger partial charge in [0.1, 0.15) is 12.2 Å². The van der Waals surface area contributed by atoms with Gasteiger partial charge in [-0.1, -0.05) is 6.92 Å². The van der Waals surface area contributed by atoms with Crippen LogP contribution in [0.2, 0.25) is 0 Å². The molecule has 0 saturated carbocycles. The van der Waals surface area contributed by atoms with Crippen LogP contribution in [0.3, 0.4) is 0 Å². The van der Waals surface area contributed by atoms with Crippen LogP contribution >= 0.6 is 0 Å². The van der Waals surface area contributed by atoms with E-state index in [1.165, 1.54) is 0 Å². The van der Waals surface area contributed by atoms with Crippen LogP contribution in [-0.4, -0.2) is 35.1 Å². The third-order valence-electron chi connectivity index (χ3n) is 1.66. The largest absolute Gasteiger partial charge is 0.388 e. The number of aliphatic hydroxyl groups excluding tert-OH is 2. The van der Waals surface area contributed by atoms with Crippen molar-refractivity contribution in [2.24, 2.45) is 0 Å². The number of ether oxygens (including phenoxy) is 1. The average Bonchev–Trinajstić information content (AvgIpc) is 2.15. The Morgan fingerprint density at radius 1 is 1.56 bits per heavy atom. The van der Waals surface area contributed by atoms with Crippen molar-refractivity contribution in [3.8, 4) is 0 Å². The Kier molecular flexibility index (Phi) is 2.05. The SMILES string of the molecule is CC[C@H]1OCC(O)C1O. The smallest absolute Gasteiger partial charge is 0.108 e. The van der Waals surface area contributed by atoms with Crippen LogP contribution < -0.4 is 0 Å². The van der Waals surface area contributed by atoms with Gasteiger partial charge in [0.25, 0.3) is 0 Å². The topological polar surface area (TPSA) is 49.7 Å². The maximum atomic E-state index is 9.08. The Balaban J connectivity index is 2.41. The Morgan fingerprint density at radius 2 is 2.22 bits per heavy atom. The van der Waals surface area contributed by atoms with E-state index in [-0.39, 0.29) is 12.7 Å². The van der Waals surface area contributed by atoms with Gasteiger partial charge in [-0.05, 0) is 6.42 Å². The second-order valence-corrected chi connectivity index (χ2v) is 2.34. The van der Waals surface area contributed by atoms with E-state index in [1.807, 2.05) is 6.92 Å². The highest BCUT2D eigenvalue weighted by Gasteiger charge is 2.32. The van der Waals surface area contributed by atoms with Crippen LogP contribution in [0.15, 0.2) is 0 Å². The Morgan fingerprint density at radius 3 is 2.44 bits per heavy atom. The molecule has 0 aliphatic carbocycles. The predicted octanol–water partition coefficient (Wildman–Crippen LogP) is -0.483. The summed E-state index contributed by atoms with van der Waals surface area (Å²) in [5.41, 5.74) is 0. The third kappa shape index (κ3) is 1.23. The van der Waals surface area contributed by atoms with Crippen molar-refractivity contribution in [2.75, 3.05) is 6.61 Å². The predicted molar refractivity (Wildman–Crippen MR) is 32.0 cm³/mol. The molecule has 3 nitrogen and oxygen atoms in total. The summed E-state index contributed by atoms with van der Waals surface area (Å²) in [5.74, 6) is 0. The van der Waals surface area contributed by atoms with Crippen LogP contribution in [0.4, 0.5) is 0 Å². The minimum atomic E-state index is -0.671. The van der Waals surface area contributed by atoms with Crippen molar-refractivity contribution in [2.45, 2.75) is 31.7 Å². The molecule has 1 aliphatic heterocycles. The fraction of sp³-hybridized carbons (Fsp3) is 1.00. The van der Waals surface area contributed by atoms with Crippen LogP contribution in [-0.2, 0) is 4.74 Å². The molecular weight excluding hydrogens is 120 g/mol. The summed E-state index contributed by atoms with van der Waals surface area (Å²) in [6, 6.07) is 0. The molecule has 54 valence electrons. The summed E-state index contributed by atoms with van der Waals surface area (Å²) < 4.78 is 5.03. The van der Waals surface area contributed by atoms with Gasteiger partial charge in [0, 0.05) is 0 Å². The normalized spacial score (nSPS) is 43.7. The van der Waals surface area contributed by atoms with Crippen LogP contribution in [0, 0.1) is 0 Å². The number of rotatable bonds is 1. The molecule has 3 heteroatoms. The molecule has 0 aromatic heterocycles. The quantitative estimate of drug-likeness (QED) is 0.506. The highest BCUT2D eigenvalue weighted by atomic mass is 16.5. The minimum absolute atomic E-state index is 0.153. The molecule has 1 fully saturated rings. The first-order chi connectivity index (χ1) is 4.25. The molecule has 3 atom stereocenters. The molecule has 0 amide bonds. The first-order valence-corrected chi connectivity index (χ1v) is 3.23. The summed E-state index contributed by atoms with van der Waals surface area (Å²) in [4.78, 5) is 0. The fourth-order valence-corrected chi connectivity index (χ4v) is 1.03. The zero-order valence-corrected chi connectivity index (χ0v) is 5.45. The van der Waals surface area contributed by atoms with E-state index in [2.05, 4.69) is 0 Å². The Hall–Kier alpha value is -0.120. The van der Waals surface area contributed by atoms with Gasteiger partial charge in [0.2, 0.25) is 0 Å². The van der Waals surface area contributed by atoms with E-state index >= 15 is 0 Å². The van der Waals surface area contributed by atoms with Gasteiger partial charge in [-0.15, -0.1) is 0 Å². The lowest BCUT2D eigenvalue weighted by Crippen LogP contribution is -2.29. The summed E-state index contributed by atoms with van der Waals surface area (Å²) in [7, 11) is 0. The molecule has 0 aromatic rings. The maximum absolute atomic E-state index is 9.08. The molecule has 2 unspecified atom stereocenters. The van der Waals surface area contributed by atoms with E-state index in [4.69, 9.17) is 14.9 Å². The molecule has 1 aliphatic rings. The van der Waals surface area contributed by atoms with Gasteiger partial charge in [-0.3, -0.25) is 0 Å². The van der Waals surface area contributed by atoms with Gasteiger partial charge in [0.05, 0.1) is 12.7 Å². The van der Waals surface area contributed by atoms with Crippen LogP contribution in [0.5, 0.6) is 0 Å². The number of aliphatic hydroxyl groups is 2. The summed E-state index contributed by atoms with van der Waals surface area (Å²) in [6.07, 6.45) is -0.733. The molecule has 0 radical (unpaired) electrons. The van der Waals surface area contributed by atoms with Gasteiger partial charge >= 0.3 is 0 Å². The van der Waals surface area contributed by atoms with Crippen molar-refractivity contribution < 1.29 is 14.9 Å². The third-order valence-corrected chi connectivity index (χ3v) is 1.66. The van der Waals surface area contributed by atoms with Crippen molar-refractivity contribution in [3.05, 3.63) is 0 Å². The number of hydrogen-bond donors (Lipinski definition) is 2.